The van der Waals surface area contributed by atoms with Crippen LogP contribution in [0.5, 0.6) is 0 Å². The number of ether oxygens (including phenoxy) is 1. The average molecular weight is 334 g/mol. The first-order valence-electron chi connectivity index (χ1n) is 4.74. The lowest BCUT2D eigenvalue weighted by Crippen LogP contribution is -2.39. The zero-order valence-electron chi connectivity index (χ0n) is 9.43. The minimum Gasteiger partial charge on any atom is -0.465 e. The quantitative estimate of drug-likeness (QED) is 0.472. The van der Waals surface area contributed by atoms with Gasteiger partial charge in [0.25, 0.3) is 0 Å². The van der Waals surface area contributed by atoms with Crippen LogP contribution >= 0.6 is 22.6 Å². The van der Waals surface area contributed by atoms with Crippen LogP contribution in [0.15, 0.2) is 18.2 Å². The summed E-state index contributed by atoms with van der Waals surface area (Å²) < 4.78 is 5.85. The summed E-state index contributed by atoms with van der Waals surface area (Å²) in [5.74, 6) is -0.268. The van der Waals surface area contributed by atoms with Crippen LogP contribution in [0.4, 0.5) is 0 Å². The fourth-order valence-electron chi connectivity index (χ4n) is 1.37. The third kappa shape index (κ3) is 3.04. The maximum absolute atomic E-state index is 11.3. The Morgan fingerprint density at radius 2 is 1.93 bits per heavy atom. The van der Waals surface area contributed by atoms with Crippen molar-refractivity contribution < 1.29 is 9.53 Å². The van der Waals surface area contributed by atoms with Gasteiger partial charge in [-0.1, -0.05) is 25.7 Å². The van der Waals surface area contributed by atoms with Gasteiger partial charge < -0.3 is 4.74 Å². The van der Waals surface area contributed by atoms with E-state index in [1.165, 1.54) is 12.3 Å². The molecule has 2 nitrogen and oxygen atoms in total. The Morgan fingerprint density at radius 3 is 2.33 bits per heavy atom. The molecule has 0 saturated carbocycles. The molecule has 0 atom stereocenters. The Hall–Kier alpha value is -0.363. The van der Waals surface area contributed by atoms with Crippen LogP contribution in [-0.2, 0) is 4.74 Å². The Kier molecular flexibility index (Phi) is 3.94. The van der Waals surface area contributed by atoms with E-state index in [1.54, 1.807) is 0 Å². The number of methoxy groups -OCH3 is 1. The summed E-state index contributed by atoms with van der Waals surface area (Å²) in [6, 6.07) is 5.81. The van der Waals surface area contributed by atoms with Crippen LogP contribution < -0.4 is 5.19 Å². The van der Waals surface area contributed by atoms with Gasteiger partial charge >= 0.3 is 5.97 Å². The van der Waals surface area contributed by atoms with Crippen molar-refractivity contribution in [3.63, 3.8) is 0 Å². The second-order valence-corrected chi connectivity index (χ2v) is 10.6. The van der Waals surface area contributed by atoms with Gasteiger partial charge in [0.2, 0.25) is 0 Å². The predicted octanol–water partition coefficient (Wildman–Crippen LogP) is 2.62. The van der Waals surface area contributed by atoms with Crippen molar-refractivity contribution in [1.29, 1.82) is 0 Å². The standard InChI is InChI=1S/C11H15IO2Si/c1-14-11(13)8-5-6-10(9(12)7-8)15(2,3)4/h5-7H,1-4H3. The highest BCUT2D eigenvalue weighted by molar-refractivity contribution is 14.1. The predicted molar refractivity (Wildman–Crippen MR) is 73.5 cm³/mol. The summed E-state index contributed by atoms with van der Waals surface area (Å²) in [6.45, 7) is 6.88. The molecule has 0 unspecified atom stereocenters. The van der Waals surface area contributed by atoms with Crippen molar-refractivity contribution in [3.05, 3.63) is 27.3 Å². The Morgan fingerprint density at radius 1 is 1.33 bits per heavy atom. The van der Waals surface area contributed by atoms with E-state index in [0.717, 1.165) is 3.57 Å². The summed E-state index contributed by atoms with van der Waals surface area (Å²) >= 11 is 2.29. The molecule has 0 heterocycles. The maximum Gasteiger partial charge on any atom is 0.337 e. The lowest BCUT2D eigenvalue weighted by atomic mass is 10.2. The van der Waals surface area contributed by atoms with Crippen LogP contribution in [0.25, 0.3) is 0 Å². The van der Waals surface area contributed by atoms with Crippen molar-refractivity contribution in [2.75, 3.05) is 7.11 Å². The second kappa shape index (κ2) is 4.65. The first kappa shape index (κ1) is 12.7. The topological polar surface area (TPSA) is 26.3 Å². The van der Waals surface area contributed by atoms with E-state index in [2.05, 4.69) is 53.0 Å². The van der Waals surface area contributed by atoms with Gasteiger partial charge in [-0.15, -0.1) is 0 Å². The smallest absolute Gasteiger partial charge is 0.337 e. The highest BCUT2D eigenvalue weighted by atomic mass is 127. The van der Waals surface area contributed by atoms with Gasteiger partial charge in [-0.3, -0.25) is 0 Å². The van der Waals surface area contributed by atoms with E-state index in [4.69, 9.17) is 0 Å². The Bertz CT molecular complexity index is 383. The summed E-state index contributed by atoms with van der Waals surface area (Å²) in [4.78, 5) is 11.3. The molecule has 0 aliphatic rings. The SMILES string of the molecule is COC(=O)c1ccc([Si](C)(C)C)c(I)c1. The average Bonchev–Trinajstić information content (AvgIpc) is 2.14. The minimum atomic E-state index is -1.31. The molecule has 0 aliphatic heterocycles. The molecular formula is C11H15IO2Si. The zero-order valence-corrected chi connectivity index (χ0v) is 12.6. The van der Waals surface area contributed by atoms with Gasteiger partial charge in [0.05, 0.1) is 20.7 Å². The van der Waals surface area contributed by atoms with Crippen molar-refractivity contribution in [3.8, 4) is 0 Å². The number of benzene rings is 1. The monoisotopic (exact) mass is 334 g/mol. The molecule has 0 N–H and O–H groups in total. The molecule has 0 radical (unpaired) electrons. The maximum atomic E-state index is 11.3. The second-order valence-electron chi connectivity index (χ2n) is 4.44. The van der Waals surface area contributed by atoms with E-state index >= 15 is 0 Å². The highest BCUT2D eigenvalue weighted by Gasteiger charge is 2.20. The molecule has 1 aromatic carbocycles. The van der Waals surface area contributed by atoms with Gasteiger partial charge in [-0.2, -0.15) is 0 Å². The van der Waals surface area contributed by atoms with Crippen LogP contribution in [0.2, 0.25) is 19.6 Å². The highest BCUT2D eigenvalue weighted by Crippen LogP contribution is 2.12. The molecule has 1 rings (SSSR count). The first-order valence-corrected chi connectivity index (χ1v) is 9.32. The van der Waals surface area contributed by atoms with Crippen LogP contribution in [0, 0.1) is 3.57 Å². The number of esters is 1. The lowest BCUT2D eigenvalue weighted by molar-refractivity contribution is 0.0600. The van der Waals surface area contributed by atoms with E-state index in [0.29, 0.717) is 5.56 Å². The van der Waals surface area contributed by atoms with E-state index in [9.17, 15) is 4.79 Å². The summed E-state index contributed by atoms with van der Waals surface area (Å²) in [5.41, 5.74) is 0.629. The number of carbonyl (C=O) groups excluding carboxylic acids is 1. The van der Waals surface area contributed by atoms with E-state index < -0.39 is 8.07 Å². The minimum absolute atomic E-state index is 0.268. The van der Waals surface area contributed by atoms with E-state index in [-0.39, 0.29) is 5.97 Å². The number of rotatable bonds is 2. The molecule has 15 heavy (non-hydrogen) atoms. The molecule has 0 bridgehead atoms. The molecule has 0 aromatic heterocycles. The van der Waals surface area contributed by atoms with Crippen LogP contribution in [-0.4, -0.2) is 21.2 Å². The fraction of sp³-hybridized carbons (Fsp3) is 0.364. The number of hydrogen-bond donors (Lipinski definition) is 0. The largest absolute Gasteiger partial charge is 0.465 e. The molecule has 0 fully saturated rings. The van der Waals surface area contributed by atoms with Crippen molar-refractivity contribution in [2.24, 2.45) is 0 Å². The normalized spacial score (nSPS) is 11.3. The molecule has 82 valence electrons. The third-order valence-electron chi connectivity index (χ3n) is 2.20. The van der Waals surface area contributed by atoms with Gasteiger partial charge in [-0.25, -0.2) is 4.79 Å². The number of carbonyl (C=O) groups is 1. The molecule has 1 aromatic rings. The van der Waals surface area contributed by atoms with Gasteiger partial charge in [0, 0.05) is 3.57 Å². The van der Waals surface area contributed by atoms with Gasteiger partial charge in [-0.05, 0) is 39.9 Å². The van der Waals surface area contributed by atoms with E-state index in [1.807, 2.05) is 12.1 Å². The molecule has 0 aliphatic carbocycles. The van der Waals surface area contributed by atoms with Gasteiger partial charge in [0.15, 0.2) is 0 Å². The lowest BCUT2D eigenvalue weighted by Gasteiger charge is -2.18. The Labute approximate surface area is 105 Å². The van der Waals surface area contributed by atoms with Crippen molar-refractivity contribution in [2.45, 2.75) is 19.6 Å². The summed E-state index contributed by atoms with van der Waals surface area (Å²) in [6.07, 6.45) is 0. The third-order valence-corrected chi connectivity index (χ3v) is 5.65. The number of halogens is 1. The molecule has 0 saturated heterocycles. The van der Waals surface area contributed by atoms with Gasteiger partial charge in [0.1, 0.15) is 0 Å². The number of hydrogen-bond acceptors (Lipinski definition) is 2. The zero-order chi connectivity index (χ0) is 11.6. The first-order chi connectivity index (χ1) is 6.86. The Balaban J connectivity index is 3.15. The van der Waals surface area contributed by atoms with Crippen molar-refractivity contribution >= 4 is 41.8 Å². The molecule has 0 spiro atoms. The molecule has 4 heteroatoms. The van der Waals surface area contributed by atoms with Crippen molar-refractivity contribution in [1.82, 2.24) is 0 Å². The molecule has 0 amide bonds. The molecular weight excluding hydrogens is 319 g/mol. The summed E-state index contributed by atoms with van der Waals surface area (Å²) in [5, 5.41) is 1.38. The van der Waals surface area contributed by atoms with Crippen LogP contribution in [0.1, 0.15) is 10.4 Å². The van der Waals surface area contributed by atoms with Crippen LogP contribution in [0.3, 0.4) is 0 Å². The summed E-state index contributed by atoms with van der Waals surface area (Å²) in [7, 11) is 0.0990. The fourth-order valence-corrected chi connectivity index (χ4v) is 5.68.